The second-order valence-corrected chi connectivity index (χ2v) is 7.38. The lowest BCUT2D eigenvalue weighted by molar-refractivity contribution is -0.113. The van der Waals surface area contributed by atoms with Gasteiger partial charge in [0.15, 0.2) is 5.82 Å². The quantitative estimate of drug-likeness (QED) is 0.426. The fourth-order valence-corrected chi connectivity index (χ4v) is 3.37. The van der Waals surface area contributed by atoms with Gasteiger partial charge in [0, 0.05) is 10.6 Å². The molecule has 2 aromatic carbocycles. The monoisotopic (exact) mass is 437 g/mol. The molecular weight excluding hydrogens is 421 g/mol. The van der Waals surface area contributed by atoms with Gasteiger partial charge >= 0.3 is 0 Å². The molecule has 0 atom stereocenters. The first-order valence-corrected chi connectivity index (χ1v) is 10.0. The van der Waals surface area contributed by atoms with Gasteiger partial charge in [-0.25, -0.2) is 4.68 Å². The Kier molecular flexibility index (Phi) is 6.66. The van der Waals surface area contributed by atoms with Gasteiger partial charge in [-0.3, -0.25) is 4.79 Å². The standard InChI is InChI=1S/C18H17Cl2N5O2S/c1-2-27-13-5-3-4-11(8-13)17-23-24-18(25(17)21)28-10-16(26)22-15-9-12(19)6-7-14(15)20/h3-9H,2,10,21H2,1H3,(H,22,26). The number of anilines is 1. The van der Waals surface area contributed by atoms with Crippen molar-refractivity contribution >= 4 is 46.6 Å². The van der Waals surface area contributed by atoms with Gasteiger partial charge in [-0.05, 0) is 37.3 Å². The zero-order valence-corrected chi connectivity index (χ0v) is 17.2. The van der Waals surface area contributed by atoms with Crippen molar-refractivity contribution in [3.8, 4) is 17.1 Å². The van der Waals surface area contributed by atoms with Crippen molar-refractivity contribution < 1.29 is 9.53 Å². The number of nitrogens with zero attached hydrogens (tertiary/aromatic N) is 3. The Morgan fingerprint density at radius 1 is 1.25 bits per heavy atom. The highest BCUT2D eigenvalue weighted by molar-refractivity contribution is 7.99. The maximum absolute atomic E-state index is 12.2. The van der Waals surface area contributed by atoms with Gasteiger partial charge < -0.3 is 15.9 Å². The van der Waals surface area contributed by atoms with Crippen LogP contribution in [0.1, 0.15) is 6.92 Å². The van der Waals surface area contributed by atoms with Crippen LogP contribution in [0.2, 0.25) is 10.0 Å². The van der Waals surface area contributed by atoms with Crippen LogP contribution >= 0.6 is 35.0 Å². The summed E-state index contributed by atoms with van der Waals surface area (Å²) in [6.07, 6.45) is 0. The van der Waals surface area contributed by atoms with Crippen molar-refractivity contribution in [1.82, 2.24) is 14.9 Å². The number of halogens is 2. The Morgan fingerprint density at radius 3 is 2.86 bits per heavy atom. The molecule has 0 fully saturated rings. The predicted octanol–water partition coefficient (Wildman–Crippen LogP) is 4.10. The van der Waals surface area contributed by atoms with Crippen molar-refractivity contribution in [3.63, 3.8) is 0 Å². The second kappa shape index (κ2) is 9.18. The normalized spacial score (nSPS) is 10.7. The van der Waals surface area contributed by atoms with Crippen LogP contribution in [0.15, 0.2) is 47.6 Å². The van der Waals surface area contributed by atoms with Crippen LogP contribution < -0.4 is 15.9 Å². The largest absolute Gasteiger partial charge is 0.494 e. The summed E-state index contributed by atoms with van der Waals surface area (Å²) in [7, 11) is 0. The molecule has 7 nitrogen and oxygen atoms in total. The lowest BCUT2D eigenvalue weighted by Crippen LogP contribution is -2.16. The number of nitrogens with one attached hydrogen (secondary N) is 1. The molecule has 0 unspecified atom stereocenters. The van der Waals surface area contributed by atoms with Crippen LogP contribution in [0, 0.1) is 0 Å². The van der Waals surface area contributed by atoms with E-state index in [2.05, 4.69) is 15.5 Å². The number of carbonyl (C=O) groups is 1. The SMILES string of the molecule is CCOc1cccc(-c2nnc(SCC(=O)Nc3cc(Cl)ccc3Cl)n2N)c1. The highest BCUT2D eigenvalue weighted by Gasteiger charge is 2.15. The lowest BCUT2D eigenvalue weighted by Gasteiger charge is -2.08. The highest BCUT2D eigenvalue weighted by Crippen LogP contribution is 2.27. The number of rotatable bonds is 7. The van der Waals surface area contributed by atoms with Crippen LogP contribution in [0.4, 0.5) is 5.69 Å². The Balaban J connectivity index is 1.67. The molecule has 10 heteroatoms. The first-order valence-electron chi connectivity index (χ1n) is 8.29. The molecule has 0 spiro atoms. The summed E-state index contributed by atoms with van der Waals surface area (Å²) in [5, 5.41) is 12.2. The third kappa shape index (κ3) is 4.89. The van der Waals surface area contributed by atoms with Gasteiger partial charge in [-0.1, -0.05) is 47.1 Å². The van der Waals surface area contributed by atoms with E-state index in [4.69, 9.17) is 33.8 Å². The van der Waals surface area contributed by atoms with E-state index in [0.717, 1.165) is 23.1 Å². The van der Waals surface area contributed by atoms with E-state index in [1.807, 2.05) is 31.2 Å². The predicted molar refractivity (Wildman–Crippen MR) is 113 cm³/mol. The molecule has 28 heavy (non-hydrogen) atoms. The number of benzene rings is 2. The fourth-order valence-electron chi connectivity index (χ4n) is 2.37. The van der Waals surface area contributed by atoms with Crippen LogP contribution in [0.3, 0.4) is 0 Å². The number of amides is 1. The highest BCUT2D eigenvalue weighted by atomic mass is 35.5. The Morgan fingerprint density at radius 2 is 2.07 bits per heavy atom. The minimum Gasteiger partial charge on any atom is -0.494 e. The van der Waals surface area contributed by atoms with E-state index in [1.165, 1.54) is 4.68 Å². The van der Waals surface area contributed by atoms with Gasteiger partial charge in [0.1, 0.15) is 5.75 Å². The summed E-state index contributed by atoms with van der Waals surface area (Å²) in [5.41, 5.74) is 1.21. The third-order valence-electron chi connectivity index (χ3n) is 3.60. The molecule has 0 aliphatic carbocycles. The average Bonchev–Trinajstić information content (AvgIpc) is 3.04. The number of thioether (sulfide) groups is 1. The molecule has 0 aliphatic heterocycles. The zero-order chi connectivity index (χ0) is 20.1. The smallest absolute Gasteiger partial charge is 0.234 e. The molecule has 0 saturated heterocycles. The summed E-state index contributed by atoms with van der Waals surface area (Å²) in [4.78, 5) is 12.2. The van der Waals surface area contributed by atoms with Crippen molar-refractivity contribution in [2.75, 3.05) is 23.5 Å². The zero-order valence-electron chi connectivity index (χ0n) is 14.9. The van der Waals surface area contributed by atoms with Crippen LogP contribution in [0.5, 0.6) is 5.75 Å². The molecule has 3 aromatic rings. The second-order valence-electron chi connectivity index (χ2n) is 5.60. The number of hydrogen-bond acceptors (Lipinski definition) is 6. The number of carbonyl (C=O) groups excluding carboxylic acids is 1. The minimum absolute atomic E-state index is 0.0805. The van der Waals surface area contributed by atoms with E-state index < -0.39 is 0 Å². The van der Waals surface area contributed by atoms with E-state index in [9.17, 15) is 4.79 Å². The Hall–Kier alpha value is -2.42. The number of hydrogen-bond donors (Lipinski definition) is 2. The van der Waals surface area contributed by atoms with Crippen LogP contribution in [0.25, 0.3) is 11.4 Å². The molecular formula is C18H17Cl2N5O2S. The van der Waals surface area contributed by atoms with Crippen molar-refractivity contribution in [2.45, 2.75) is 12.1 Å². The van der Waals surface area contributed by atoms with Crippen molar-refractivity contribution in [1.29, 1.82) is 0 Å². The summed E-state index contributed by atoms with van der Waals surface area (Å²) >= 11 is 13.1. The first kappa shape index (κ1) is 20.3. The Labute approximate surface area is 176 Å². The molecule has 0 bridgehead atoms. The van der Waals surface area contributed by atoms with Crippen LogP contribution in [-0.2, 0) is 4.79 Å². The molecule has 0 radical (unpaired) electrons. The minimum atomic E-state index is -0.267. The van der Waals surface area contributed by atoms with Gasteiger partial charge in [0.2, 0.25) is 11.1 Å². The molecule has 0 aliphatic rings. The number of aromatic nitrogens is 3. The Bertz CT molecular complexity index is 996. The average molecular weight is 438 g/mol. The summed E-state index contributed by atoms with van der Waals surface area (Å²) in [6.45, 7) is 2.47. The number of nitrogen functional groups attached to an aromatic ring is 1. The summed E-state index contributed by atoms with van der Waals surface area (Å²) in [5.74, 6) is 7.11. The summed E-state index contributed by atoms with van der Waals surface area (Å²) < 4.78 is 6.83. The van der Waals surface area contributed by atoms with E-state index >= 15 is 0 Å². The summed E-state index contributed by atoms with van der Waals surface area (Å²) in [6, 6.07) is 12.2. The molecule has 3 rings (SSSR count). The molecule has 1 aromatic heterocycles. The molecule has 3 N–H and O–H groups in total. The molecule has 1 heterocycles. The number of nitrogens with two attached hydrogens (primary N) is 1. The van der Waals surface area contributed by atoms with Gasteiger partial charge in [-0.15, -0.1) is 10.2 Å². The van der Waals surface area contributed by atoms with Gasteiger partial charge in [-0.2, -0.15) is 0 Å². The van der Waals surface area contributed by atoms with Gasteiger partial charge in [0.25, 0.3) is 0 Å². The molecule has 1 amide bonds. The maximum Gasteiger partial charge on any atom is 0.234 e. The van der Waals surface area contributed by atoms with Crippen molar-refractivity contribution in [3.05, 3.63) is 52.5 Å². The van der Waals surface area contributed by atoms with Crippen LogP contribution in [-0.4, -0.2) is 33.1 Å². The fraction of sp³-hybridized carbons (Fsp3) is 0.167. The lowest BCUT2D eigenvalue weighted by atomic mass is 10.2. The van der Waals surface area contributed by atoms with E-state index in [1.54, 1.807) is 18.2 Å². The van der Waals surface area contributed by atoms with E-state index in [0.29, 0.717) is 33.3 Å². The molecule has 0 saturated carbocycles. The molecule has 146 valence electrons. The maximum atomic E-state index is 12.2. The third-order valence-corrected chi connectivity index (χ3v) is 5.11. The van der Waals surface area contributed by atoms with E-state index in [-0.39, 0.29) is 11.7 Å². The first-order chi connectivity index (χ1) is 13.5. The topological polar surface area (TPSA) is 95.1 Å². The van der Waals surface area contributed by atoms with Gasteiger partial charge in [0.05, 0.1) is 23.1 Å². The number of ether oxygens (including phenoxy) is 1. The van der Waals surface area contributed by atoms with Crippen molar-refractivity contribution in [2.24, 2.45) is 0 Å².